The lowest BCUT2D eigenvalue weighted by Crippen LogP contribution is -2.49. The Morgan fingerprint density at radius 3 is 2.67 bits per heavy atom. The Hall–Kier alpha value is -1.98. The molecule has 6 heteroatoms. The molecule has 0 saturated carbocycles. The van der Waals surface area contributed by atoms with Crippen LogP contribution in [0.25, 0.3) is 0 Å². The molecule has 0 aliphatic heterocycles. The van der Waals surface area contributed by atoms with Crippen molar-refractivity contribution in [3.63, 3.8) is 0 Å². The first-order valence-electron chi connectivity index (χ1n) is 5.69. The van der Waals surface area contributed by atoms with Crippen LogP contribution >= 0.6 is 0 Å². The molecule has 0 bridgehead atoms. The van der Waals surface area contributed by atoms with Crippen molar-refractivity contribution in [1.82, 2.24) is 10.6 Å². The number of methoxy groups -OCH3 is 1. The van der Waals surface area contributed by atoms with Crippen LogP contribution in [0, 0.1) is 5.92 Å². The summed E-state index contributed by atoms with van der Waals surface area (Å²) in [6.45, 7) is 3.97. The molecule has 1 rings (SSSR count). The van der Waals surface area contributed by atoms with E-state index in [0.29, 0.717) is 5.76 Å². The van der Waals surface area contributed by atoms with Crippen LogP contribution in [0.3, 0.4) is 0 Å². The molecule has 1 aromatic rings. The molecule has 0 aliphatic carbocycles. The van der Waals surface area contributed by atoms with E-state index in [1.165, 1.54) is 13.4 Å². The summed E-state index contributed by atoms with van der Waals surface area (Å²) >= 11 is 0. The van der Waals surface area contributed by atoms with Gasteiger partial charge in [0, 0.05) is 0 Å². The van der Waals surface area contributed by atoms with Crippen molar-refractivity contribution in [2.24, 2.45) is 5.92 Å². The molecule has 0 saturated heterocycles. The predicted molar refractivity (Wildman–Crippen MR) is 64.7 cm³/mol. The number of amides is 2. The van der Waals surface area contributed by atoms with Crippen molar-refractivity contribution >= 4 is 12.0 Å². The maximum atomic E-state index is 11.9. The molecule has 100 valence electrons. The van der Waals surface area contributed by atoms with E-state index in [1.807, 2.05) is 13.8 Å². The number of alkyl carbamates (subject to hydrolysis) is 1. The molecule has 1 atom stereocenters. The summed E-state index contributed by atoms with van der Waals surface area (Å²) in [6, 6.07) is 2.87. The Bertz CT molecular complexity index is 387. The number of hydrogen-bond donors (Lipinski definition) is 2. The van der Waals surface area contributed by atoms with E-state index in [4.69, 9.17) is 4.42 Å². The van der Waals surface area contributed by atoms with Gasteiger partial charge in [0.05, 0.1) is 19.9 Å². The molecule has 2 amide bonds. The van der Waals surface area contributed by atoms with Crippen LogP contribution < -0.4 is 10.6 Å². The minimum atomic E-state index is -0.632. The van der Waals surface area contributed by atoms with E-state index in [-0.39, 0.29) is 18.4 Å². The number of nitrogens with one attached hydrogen (secondary N) is 2. The number of ether oxygens (including phenoxy) is 1. The van der Waals surface area contributed by atoms with Gasteiger partial charge in [0.15, 0.2) is 0 Å². The molecule has 0 aromatic carbocycles. The van der Waals surface area contributed by atoms with E-state index in [9.17, 15) is 9.59 Å². The highest BCUT2D eigenvalue weighted by atomic mass is 16.5. The smallest absolute Gasteiger partial charge is 0.407 e. The van der Waals surface area contributed by atoms with Gasteiger partial charge in [-0.1, -0.05) is 13.8 Å². The van der Waals surface area contributed by atoms with Gasteiger partial charge in [-0.3, -0.25) is 4.79 Å². The van der Waals surface area contributed by atoms with Gasteiger partial charge in [-0.15, -0.1) is 0 Å². The SMILES string of the molecule is COC(=O)N[C@H](C(=O)NCc1ccco1)C(C)C. The zero-order valence-electron chi connectivity index (χ0n) is 10.7. The molecule has 0 spiro atoms. The van der Waals surface area contributed by atoms with Crippen molar-refractivity contribution in [2.45, 2.75) is 26.4 Å². The lowest BCUT2D eigenvalue weighted by Gasteiger charge is -2.20. The quantitative estimate of drug-likeness (QED) is 0.829. The molecule has 0 fully saturated rings. The number of carbonyl (C=O) groups is 2. The minimum Gasteiger partial charge on any atom is -0.467 e. The second-order valence-corrected chi connectivity index (χ2v) is 4.15. The van der Waals surface area contributed by atoms with E-state index >= 15 is 0 Å². The van der Waals surface area contributed by atoms with Crippen LogP contribution in [0.4, 0.5) is 4.79 Å². The van der Waals surface area contributed by atoms with Gasteiger partial charge >= 0.3 is 6.09 Å². The third-order valence-corrected chi connectivity index (χ3v) is 2.42. The van der Waals surface area contributed by atoms with Crippen LogP contribution in [-0.4, -0.2) is 25.2 Å². The molecule has 6 nitrogen and oxygen atoms in total. The summed E-state index contributed by atoms with van der Waals surface area (Å²) in [5.41, 5.74) is 0. The summed E-state index contributed by atoms with van der Waals surface area (Å²) in [4.78, 5) is 23.0. The van der Waals surface area contributed by atoms with Crippen molar-refractivity contribution < 1.29 is 18.7 Å². The Labute approximate surface area is 106 Å². The fraction of sp³-hybridized carbons (Fsp3) is 0.500. The Balaban J connectivity index is 2.51. The highest BCUT2D eigenvalue weighted by Gasteiger charge is 2.24. The third kappa shape index (κ3) is 4.12. The molecule has 0 radical (unpaired) electrons. The maximum Gasteiger partial charge on any atom is 0.407 e. The normalized spacial score (nSPS) is 12.0. The highest BCUT2D eigenvalue weighted by molar-refractivity contribution is 5.85. The van der Waals surface area contributed by atoms with Gasteiger partial charge in [0.1, 0.15) is 11.8 Å². The molecule has 1 aromatic heterocycles. The Morgan fingerprint density at radius 1 is 1.44 bits per heavy atom. The molecule has 1 heterocycles. The van der Waals surface area contributed by atoms with E-state index in [2.05, 4.69) is 15.4 Å². The van der Waals surface area contributed by atoms with Crippen molar-refractivity contribution in [2.75, 3.05) is 7.11 Å². The molecule has 0 aliphatic rings. The number of carbonyl (C=O) groups excluding carboxylic acids is 2. The zero-order chi connectivity index (χ0) is 13.5. The topological polar surface area (TPSA) is 80.6 Å². The second-order valence-electron chi connectivity index (χ2n) is 4.15. The Kier molecular flexibility index (Phi) is 5.23. The van der Waals surface area contributed by atoms with Gasteiger partial charge < -0.3 is 19.8 Å². The van der Waals surface area contributed by atoms with Crippen LogP contribution in [0.2, 0.25) is 0 Å². The van der Waals surface area contributed by atoms with Crippen LogP contribution in [-0.2, 0) is 16.1 Å². The minimum absolute atomic E-state index is 0.0410. The predicted octanol–water partition coefficient (Wildman–Crippen LogP) is 1.28. The van der Waals surface area contributed by atoms with Crippen LogP contribution in [0.1, 0.15) is 19.6 Å². The lowest BCUT2D eigenvalue weighted by molar-refractivity contribution is -0.124. The average molecular weight is 254 g/mol. The maximum absolute atomic E-state index is 11.9. The van der Waals surface area contributed by atoms with Crippen LogP contribution in [0.15, 0.2) is 22.8 Å². The first kappa shape index (κ1) is 14.1. The first-order valence-corrected chi connectivity index (χ1v) is 5.69. The number of hydrogen-bond acceptors (Lipinski definition) is 4. The molecule has 0 unspecified atom stereocenters. The van der Waals surface area contributed by atoms with Gasteiger partial charge in [-0.05, 0) is 18.1 Å². The monoisotopic (exact) mass is 254 g/mol. The third-order valence-electron chi connectivity index (χ3n) is 2.42. The van der Waals surface area contributed by atoms with Gasteiger partial charge in [0.2, 0.25) is 5.91 Å². The second kappa shape index (κ2) is 6.68. The first-order chi connectivity index (χ1) is 8.54. The van der Waals surface area contributed by atoms with E-state index in [0.717, 1.165) is 0 Å². The van der Waals surface area contributed by atoms with E-state index in [1.54, 1.807) is 12.1 Å². The number of furan rings is 1. The molecule has 18 heavy (non-hydrogen) atoms. The van der Waals surface area contributed by atoms with Gasteiger partial charge in [-0.25, -0.2) is 4.79 Å². The van der Waals surface area contributed by atoms with Crippen molar-refractivity contribution in [3.8, 4) is 0 Å². The number of rotatable bonds is 5. The fourth-order valence-corrected chi connectivity index (χ4v) is 1.42. The van der Waals surface area contributed by atoms with Crippen molar-refractivity contribution in [3.05, 3.63) is 24.2 Å². The van der Waals surface area contributed by atoms with Gasteiger partial charge in [0.25, 0.3) is 0 Å². The summed E-state index contributed by atoms with van der Waals surface area (Å²) in [5, 5.41) is 5.19. The summed E-state index contributed by atoms with van der Waals surface area (Å²) < 4.78 is 9.58. The molecular weight excluding hydrogens is 236 g/mol. The van der Waals surface area contributed by atoms with Crippen LogP contribution in [0.5, 0.6) is 0 Å². The summed E-state index contributed by atoms with van der Waals surface area (Å²) in [7, 11) is 1.26. The Morgan fingerprint density at radius 2 is 2.17 bits per heavy atom. The zero-order valence-corrected chi connectivity index (χ0v) is 10.7. The fourth-order valence-electron chi connectivity index (χ4n) is 1.42. The van der Waals surface area contributed by atoms with Crippen molar-refractivity contribution in [1.29, 1.82) is 0 Å². The van der Waals surface area contributed by atoms with E-state index < -0.39 is 12.1 Å². The highest BCUT2D eigenvalue weighted by Crippen LogP contribution is 2.04. The molecular formula is C12H18N2O4. The largest absolute Gasteiger partial charge is 0.467 e. The summed E-state index contributed by atoms with van der Waals surface area (Å²) in [6.07, 6.45) is 0.913. The molecule has 2 N–H and O–H groups in total. The standard InChI is InChI=1S/C12H18N2O4/c1-8(2)10(14-12(16)17-3)11(15)13-7-9-5-4-6-18-9/h4-6,8,10H,7H2,1-3H3,(H,13,15)(H,14,16)/t10-/m0/s1. The lowest BCUT2D eigenvalue weighted by atomic mass is 10.0. The summed E-state index contributed by atoms with van der Waals surface area (Å²) in [5.74, 6) is 0.344. The van der Waals surface area contributed by atoms with Gasteiger partial charge in [-0.2, -0.15) is 0 Å². The average Bonchev–Trinajstić information content (AvgIpc) is 2.85.